The molecule has 84 valence electrons. The first-order valence-corrected chi connectivity index (χ1v) is 6.06. The monoisotopic (exact) mass is 327 g/mol. The van der Waals surface area contributed by atoms with Crippen LogP contribution >= 0.6 is 39.1 Å². The number of benzene rings is 1. The van der Waals surface area contributed by atoms with Crippen molar-refractivity contribution >= 4 is 39.1 Å². The van der Waals surface area contributed by atoms with E-state index >= 15 is 0 Å². The van der Waals surface area contributed by atoms with Crippen LogP contribution in [0.4, 0.5) is 0 Å². The van der Waals surface area contributed by atoms with Gasteiger partial charge >= 0.3 is 0 Å². The Morgan fingerprint density at radius 2 is 1.76 bits per heavy atom. The molecular formula is C11H4BrCl2N3. The molecular weight excluding hydrogens is 325 g/mol. The van der Waals surface area contributed by atoms with Crippen molar-refractivity contribution in [1.82, 2.24) is 9.97 Å². The molecule has 2 aromatic rings. The highest BCUT2D eigenvalue weighted by molar-refractivity contribution is 9.10. The van der Waals surface area contributed by atoms with Crippen molar-refractivity contribution < 1.29 is 0 Å². The van der Waals surface area contributed by atoms with Crippen LogP contribution in [0.3, 0.4) is 0 Å². The van der Waals surface area contributed by atoms with Crippen LogP contribution < -0.4 is 0 Å². The number of nitrogens with zero attached hydrogens (tertiary/aromatic N) is 3. The molecule has 2 rings (SSSR count). The van der Waals surface area contributed by atoms with Gasteiger partial charge in [0.1, 0.15) is 11.6 Å². The summed E-state index contributed by atoms with van der Waals surface area (Å²) in [4.78, 5) is 7.77. The van der Waals surface area contributed by atoms with Gasteiger partial charge < -0.3 is 0 Å². The highest BCUT2D eigenvalue weighted by Crippen LogP contribution is 2.27. The van der Waals surface area contributed by atoms with Crippen molar-refractivity contribution in [2.75, 3.05) is 0 Å². The summed E-state index contributed by atoms with van der Waals surface area (Å²) in [5.41, 5.74) is 1.42. The summed E-state index contributed by atoms with van der Waals surface area (Å²) in [7, 11) is 0. The zero-order valence-corrected chi connectivity index (χ0v) is 11.4. The second-order valence-electron chi connectivity index (χ2n) is 3.13. The largest absolute Gasteiger partial charge is 0.224 e. The predicted molar refractivity (Wildman–Crippen MR) is 69.9 cm³/mol. The maximum absolute atomic E-state index is 9.04. The van der Waals surface area contributed by atoms with Gasteiger partial charge in [0.2, 0.25) is 5.28 Å². The molecule has 17 heavy (non-hydrogen) atoms. The number of nitriles is 1. The zero-order chi connectivity index (χ0) is 12.4. The lowest BCUT2D eigenvalue weighted by Gasteiger charge is -2.05. The van der Waals surface area contributed by atoms with Crippen LogP contribution in [-0.2, 0) is 0 Å². The molecule has 0 bridgehead atoms. The first-order chi connectivity index (χ1) is 8.11. The van der Waals surface area contributed by atoms with Crippen molar-refractivity contribution in [3.05, 3.63) is 44.7 Å². The van der Waals surface area contributed by atoms with Crippen LogP contribution in [0.15, 0.2) is 28.7 Å². The van der Waals surface area contributed by atoms with E-state index in [4.69, 9.17) is 28.5 Å². The number of halogens is 3. The molecule has 0 fully saturated rings. The molecule has 0 N–H and O–H groups in total. The molecule has 0 spiro atoms. The van der Waals surface area contributed by atoms with E-state index in [0.29, 0.717) is 5.69 Å². The normalized spacial score (nSPS) is 10.0. The summed E-state index contributed by atoms with van der Waals surface area (Å²) in [6.07, 6.45) is 0. The Kier molecular flexibility index (Phi) is 3.63. The second-order valence-corrected chi connectivity index (χ2v) is 4.74. The molecule has 0 saturated heterocycles. The highest BCUT2D eigenvalue weighted by atomic mass is 79.9. The summed E-state index contributed by atoms with van der Waals surface area (Å²) < 4.78 is 0.936. The van der Waals surface area contributed by atoms with Gasteiger partial charge in [-0.05, 0) is 23.7 Å². The van der Waals surface area contributed by atoms with Crippen molar-refractivity contribution in [2.45, 2.75) is 0 Å². The van der Waals surface area contributed by atoms with Gasteiger partial charge in [0.05, 0.1) is 5.69 Å². The number of rotatable bonds is 1. The molecule has 0 atom stereocenters. The van der Waals surface area contributed by atoms with E-state index in [1.807, 2.05) is 30.3 Å². The van der Waals surface area contributed by atoms with Crippen LogP contribution in [0.2, 0.25) is 10.4 Å². The van der Waals surface area contributed by atoms with Crippen LogP contribution in [0.1, 0.15) is 5.56 Å². The molecule has 0 amide bonds. The maximum Gasteiger partial charge on any atom is 0.224 e. The second kappa shape index (κ2) is 5.01. The fraction of sp³-hybridized carbons (Fsp3) is 0. The Morgan fingerprint density at radius 1 is 1.12 bits per heavy atom. The fourth-order valence-corrected chi connectivity index (χ4v) is 2.01. The minimum Gasteiger partial charge on any atom is -0.216 e. The van der Waals surface area contributed by atoms with Crippen LogP contribution in [-0.4, -0.2) is 9.97 Å². The first-order valence-electron chi connectivity index (χ1n) is 4.51. The molecule has 1 heterocycles. The van der Waals surface area contributed by atoms with Gasteiger partial charge in [-0.1, -0.05) is 39.7 Å². The Bertz CT molecular complexity index is 605. The molecule has 1 aromatic carbocycles. The standard InChI is InChI=1S/C11H4BrCl2N3/c12-7-3-1-6(2-4-7)9-8(5-15)10(13)17-11(14)16-9/h1-4H. The third kappa shape index (κ3) is 2.58. The first kappa shape index (κ1) is 12.3. The van der Waals surface area contributed by atoms with Crippen molar-refractivity contribution in [3.63, 3.8) is 0 Å². The van der Waals surface area contributed by atoms with Crippen molar-refractivity contribution in [3.8, 4) is 17.3 Å². The summed E-state index contributed by atoms with van der Waals surface area (Å²) in [6, 6.07) is 9.31. The Hall–Kier alpha value is -1.15. The van der Waals surface area contributed by atoms with Crippen molar-refractivity contribution in [2.24, 2.45) is 0 Å². The highest BCUT2D eigenvalue weighted by Gasteiger charge is 2.13. The van der Waals surface area contributed by atoms with E-state index in [2.05, 4.69) is 25.9 Å². The van der Waals surface area contributed by atoms with Crippen LogP contribution in [0.25, 0.3) is 11.3 Å². The Morgan fingerprint density at radius 3 is 2.35 bits per heavy atom. The smallest absolute Gasteiger partial charge is 0.216 e. The van der Waals surface area contributed by atoms with Gasteiger partial charge in [-0.15, -0.1) is 0 Å². The summed E-state index contributed by atoms with van der Waals surface area (Å²) in [5.74, 6) is 0. The van der Waals surface area contributed by atoms with E-state index in [-0.39, 0.29) is 16.0 Å². The molecule has 0 radical (unpaired) electrons. The number of hydrogen-bond donors (Lipinski definition) is 0. The summed E-state index contributed by atoms with van der Waals surface area (Å²) in [5, 5.41) is 9.12. The quantitative estimate of drug-likeness (QED) is 0.585. The van der Waals surface area contributed by atoms with E-state index in [0.717, 1.165) is 10.0 Å². The van der Waals surface area contributed by atoms with Gasteiger partial charge in [0.25, 0.3) is 0 Å². The zero-order valence-electron chi connectivity index (χ0n) is 8.28. The van der Waals surface area contributed by atoms with Crippen molar-refractivity contribution in [1.29, 1.82) is 5.26 Å². The minimum atomic E-state index is 0.0203. The lowest BCUT2D eigenvalue weighted by atomic mass is 10.1. The SMILES string of the molecule is N#Cc1c(Cl)nc(Cl)nc1-c1ccc(Br)cc1. The Balaban J connectivity index is 2.66. The van der Waals surface area contributed by atoms with Gasteiger partial charge in [0, 0.05) is 10.0 Å². The average molecular weight is 329 g/mol. The Labute approximate surface area is 116 Å². The predicted octanol–water partition coefficient (Wildman–Crippen LogP) is 4.08. The molecule has 1 aromatic heterocycles. The molecule has 0 aliphatic carbocycles. The summed E-state index contributed by atoms with van der Waals surface area (Å²) >= 11 is 14.9. The average Bonchev–Trinajstić information content (AvgIpc) is 2.29. The lowest BCUT2D eigenvalue weighted by Crippen LogP contribution is -1.94. The van der Waals surface area contributed by atoms with Gasteiger partial charge in [-0.3, -0.25) is 0 Å². The van der Waals surface area contributed by atoms with E-state index < -0.39 is 0 Å². The third-order valence-electron chi connectivity index (χ3n) is 2.07. The molecule has 0 aliphatic heterocycles. The molecule has 0 unspecified atom stereocenters. The maximum atomic E-state index is 9.04. The number of hydrogen-bond acceptors (Lipinski definition) is 3. The lowest BCUT2D eigenvalue weighted by molar-refractivity contribution is 1.16. The fourth-order valence-electron chi connectivity index (χ4n) is 1.32. The molecule has 6 heteroatoms. The van der Waals surface area contributed by atoms with Gasteiger partial charge in [-0.25, -0.2) is 9.97 Å². The van der Waals surface area contributed by atoms with Gasteiger partial charge in [0.15, 0.2) is 5.15 Å². The molecule has 3 nitrogen and oxygen atoms in total. The van der Waals surface area contributed by atoms with Crippen LogP contribution in [0.5, 0.6) is 0 Å². The van der Waals surface area contributed by atoms with Crippen LogP contribution in [0, 0.1) is 11.3 Å². The van der Waals surface area contributed by atoms with E-state index in [1.165, 1.54) is 0 Å². The summed E-state index contributed by atoms with van der Waals surface area (Å²) in [6.45, 7) is 0. The van der Waals surface area contributed by atoms with E-state index in [9.17, 15) is 0 Å². The topological polar surface area (TPSA) is 49.6 Å². The number of aromatic nitrogens is 2. The molecule has 0 saturated carbocycles. The molecule has 0 aliphatic rings. The minimum absolute atomic E-state index is 0.0203. The van der Waals surface area contributed by atoms with E-state index in [1.54, 1.807) is 0 Å². The third-order valence-corrected chi connectivity index (χ3v) is 3.04. The van der Waals surface area contributed by atoms with Gasteiger partial charge in [-0.2, -0.15) is 5.26 Å².